The van der Waals surface area contributed by atoms with Crippen LogP contribution in [0.15, 0.2) is 18.2 Å². The molecule has 0 aliphatic heterocycles. The highest BCUT2D eigenvalue weighted by Crippen LogP contribution is 2.27. The van der Waals surface area contributed by atoms with Gasteiger partial charge < -0.3 is 11.1 Å². The number of thioether (sulfide) groups is 1. The third kappa shape index (κ3) is 4.72. The van der Waals surface area contributed by atoms with Gasteiger partial charge in [0.2, 0.25) is 0 Å². The average molecular weight is 274 g/mol. The smallest absolute Gasteiger partial charge is 0.263 e. The summed E-state index contributed by atoms with van der Waals surface area (Å²) in [5.41, 5.74) is 6.83. The quantitative estimate of drug-likeness (QED) is 0.579. The van der Waals surface area contributed by atoms with Gasteiger partial charge >= 0.3 is 0 Å². The van der Waals surface area contributed by atoms with Crippen LogP contribution in [0.25, 0.3) is 0 Å². The van der Waals surface area contributed by atoms with E-state index in [0.717, 1.165) is 23.6 Å². The first-order valence-corrected chi connectivity index (χ1v) is 7.22. The summed E-state index contributed by atoms with van der Waals surface area (Å²) in [5.74, 6) is 2.19. The first-order valence-electron chi connectivity index (χ1n) is 6.06. The first-order chi connectivity index (χ1) is 8.54. The van der Waals surface area contributed by atoms with Crippen LogP contribution in [0.3, 0.4) is 0 Å². The number of rotatable bonds is 7. The maximum Gasteiger partial charge on any atom is 0.263 e. The van der Waals surface area contributed by atoms with E-state index in [9.17, 15) is 8.78 Å². The standard InChI is InChI=1S/C13H20F2N2S/c1-3-18-7-6-9(2)17-12-5-4-10(13(14)15)8-11(12)16/h4-5,8-9,13,17H,3,6-7,16H2,1-2H3. The lowest BCUT2D eigenvalue weighted by molar-refractivity contribution is 0.151. The van der Waals surface area contributed by atoms with E-state index in [0.29, 0.717) is 5.69 Å². The lowest BCUT2D eigenvalue weighted by atomic mass is 10.1. The van der Waals surface area contributed by atoms with Gasteiger partial charge in [0.25, 0.3) is 6.43 Å². The van der Waals surface area contributed by atoms with Crippen LogP contribution >= 0.6 is 11.8 Å². The van der Waals surface area contributed by atoms with Crippen LogP contribution in [0.1, 0.15) is 32.3 Å². The zero-order chi connectivity index (χ0) is 13.5. The Kier molecular flexibility index (Phi) is 6.25. The Morgan fingerprint density at radius 3 is 2.67 bits per heavy atom. The Balaban J connectivity index is 2.56. The highest BCUT2D eigenvalue weighted by atomic mass is 32.2. The van der Waals surface area contributed by atoms with E-state index in [2.05, 4.69) is 19.2 Å². The molecule has 0 heterocycles. The Morgan fingerprint density at radius 2 is 2.11 bits per heavy atom. The lowest BCUT2D eigenvalue weighted by Gasteiger charge is -2.17. The van der Waals surface area contributed by atoms with Gasteiger partial charge in [-0.05, 0) is 37.0 Å². The second kappa shape index (κ2) is 7.46. The van der Waals surface area contributed by atoms with Crippen molar-refractivity contribution in [2.75, 3.05) is 22.6 Å². The molecule has 0 fully saturated rings. The van der Waals surface area contributed by atoms with Crippen LogP contribution in [0.5, 0.6) is 0 Å². The highest BCUT2D eigenvalue weighted by Gasteiger charge is 2.10. The van der Waals surface area contributed by atoms with Gasteiger partial charge in [-0.1, -0.05) is 13.0 Å². The third-order valence-corrected chi connectivity index (χ3v) is 3.56. The van der Waals surface area contributed by atoms with Crippen molar-refractivity contribution < 1.29 is 8.78 Å². The summed E-state index contributed by atoms with van der Waals surface area (Å²) in [6.45, 7) is 4.19. The molecule has 0 amide bonds. The molecular formula is C13H20F2N2S. The zero-order valence-corrected chi connectivity index (χ0v) is 11.6. The second-order valence-corrected chi connectivity index (χ2v) is 5.57. The molecule has 0 saturated carbocycles. The monoisotopic (exact) mass is 274 g/mol. The molecule has 5 heteroatoms. The molecule has 3 N–H and O–H groups in total. The molecule has 0 aromatic heterocycles. The van der Waals surface area contributed by atoms with Crippen molar-refractivity contribution >= 4 is 23.1 Å². The largest absolute Gasteiger partial charge is 0.397 e. The molecule has 1 aromatic rings. The van der Waals surface area contributed by atoms with Crippen molar-refractivity contribution in [2.24, 2.45) is 0 Å². The summed E-state index contributed by atoms with van der Waals surface area (Å²) in [7, 11) is 0. The number of anilines is 2. The molecule has 1 unspecified atom stereocenters. The van der Waals surface area contributed by atoms with E-state index in [1.807, 2.05) is 11.8 Å². The number of halogens is 2. The van der Waals surface area contributed by atoms with E-state index in [-0.39, 0.29) is 11.6 Å². The molecular weight excluding hydrogens is 254 g/mol. The molecule has 2 nitrogen and oxygen atoms in total. The molecule has 0 aliphatic carbocycles. The molecule has 1 aromatic carbocycles. The van der Waals surface area contributed by atoms with Crippen molar-refractivity contribution in [3.8, 4) is 0 Å². The van der Waals surface area contributed by atoms with Crippen molar-refractivity contribution in [1.82, 2.24) is 0 Å². The Hall–Kier alpha value is -0.970. The minimum atomic E-state index is -2.47. The fraction of sp³-hybridized carbons (Fsp3) is 0.538. The topological polar surface area (TPSA) is 38.0 Å². The van der Waals surface area contributed by atoms with Crippen LogP contribution in [-0.2, 0) is 0 Å². The Bertz CT molecular complexity index is 372. The molecule has 0 aliphatic rings. The van der Waals surface area contributed by atoms with Gasteiger partial charge in [-0.15, -0.1) is 0 Å². The normalized spacial score (nSPS) is 12.7. The highest BCUT2D eigenvalue weighted by molar-refractivity contribution is 7.99. The van der Waals surface area contributed by atoms with Gasteiger partial charge in [-0.3, -0.25) is 0 Å². The molecule has 0 saturated heterocycles. The number of hydrogen-bond donors (Lipinski definition) is 2. The molecule has 1 atom stereocenters. The fourth-order valence-corrected chi connectivity index (χ4v) is 2.40. The summed E-state index contributed by atoms with van der Waals surface area (Å²) in [5, 5.41) is 3.25. The minimum Gasteiger partial charge on any atom is -0.397 e. The Labute approximate surface area is 111 Å². The average Bonchev–Trinajstić information content (AvgIpc) is 2.32. The van der Waals surface area contributed by atoms with Crippen molar-refractivity contribution in [3.05, 3.63) is 23.8 Å². The summed E-state index contributed by atoms with van der Waals surface area (Å²) < 4.78 is 24.9. The predicted octanol–water partition coefficient (Wildman–Crippen LogP) is 4.15. The van der Waals surface area contributed by atoms with Gasteiger partial charge in [-0.2, -0.15) is 11.8 Å². The van der Waals surface area contributed by atoms with Gasteiger partial charge in [0.05, 0.1) is 11.4 Å². The van der Waals surface area contributed by atoms with Crippen molar-refractivity contribution in [2.45, 2.75) is 32.7 Å². The number of alkyl halides is 2. The first kappa shape index (κ1) is 15.1. The third-order valence-electron chi connectivity index (χ3n) is 2.63. The van der Waals surface area contributed by atoms with Gasteiger partial charge in [0.1, 0.15) is 0 Å². The number of benzene rings is 1. The van der Waals surface area contributed by atoms with Crippen molar-refractivity contribution in [1.29, 1.82) is 0 Å². The van der Waals surface area contributed by atoms with Crippen LogP contribution in [0.2, 0.25) is 0 Å². The number of nitrogen functional groups attached to an aromatic ring is 1. The molecule has 1 rings (SSSR count). The lowest BCUT2D eigenvalue weighted by Crippen LogP contribution is -2.17. The molecule has 18 heavy (non-hydrogen) atoms. The van der Waals surface area contributed by atoms with Crippen LogP contribution in [-0.4, -0.2) is 17.5 Å². The molecule has 102 valence electrons. The van der Waals surface area contributed by atoms with Gasteiger partial charge in [0, 0.05) is 11.6 Å². The van der Waals surface area contributed by atoms with Crippen molar-refractivity contribution in [3.63, 3.8) is 0 Å². The fourth-order valence-electron chi connectivity index (χ4n) is 1.59. The van der Waals surface area contributed by atoms with E-state index in [1.165, 1.54) is 12.1 Å². The Morgan fingerprint density at radius 1 is 1.39 bits per heavy atom. The summed E-state index contributed by atoms with van der Waals surface area (Å²) in [4.78, 5) is 0. The number of nitrogens with one attached hydrogen (secondary N) is 1. The van der Waals surface area contributed by atoms with Crippen LogP contribution < -0.4 is 11.1 Å². The SMILES string of the molecule is CCSCCC(C)Nc1ccc(C(F)F)cc1N. The maximum atomic E-state index is 12.5. The van der Waals surface area contributed by atoms with Crippen LogP contribution in [0.4, 0.5) is 20.2 Å². The molecule has 0 bridgehead atoms. The minimum absolute atomic E-state index is 0.0350. The van der Waals surface area contributed by atoms with E-state index < -0.39 is 6.43 Å². The van der Waals surface area contributed by atoms with Gasteiger partial charge in [0.15, 0.2) is 0 Å². The molecule has 0 spiro atoms. The molecule has 0 radical (unpaired) electrons. The predicted molar refractivity (Wildman–Crippen MR) is 76.5 cm³/mol. The zero-order valence-electron chi connectivity index (χ0n) is 10.7. The number of nitrogens with two attached hydrogens (primary N) is 1. The van der Waals surface area contributed by atoms with E-state index in [4.69, 9.17) is 5.73 Å². The summed E-state index contributed by atoms with van der Waals surface area (Å²) >= 11 is 1.89. The maximum absolute atomic E-state index is 12.5. The summed E-state index contributed by atoms with van der Waals surface area (Å²) in [6, 6.07) is 4.65. The van der Waals surface area contributed by atoms with E-state index >= 15 is 0 Å². The number of hydrogen-bond acceptors (Lipinski definition) is 3. The second-order valence-electron chi connectivity index (χ2n) is 4.18. The van der Waals surface area contributed by atoms with Crippen LogP contribution in [0, 0.1) is 0 Å². The van der Waals surface area contributed by atoms with E-state index in [1.54, 1.807) is 6.07 Å². The van der Waals surface area contributed by atoms with Gasteiger partial charge in [-0.25, -0.2) is 8.78 Å². The summed E-state index contributed by atoms with van der Waals surface area (Å²) in [6.07, 6.45) is -1.45.